The number of aldehydes is 1. The predicted molar refractivity (Wildman–Crippen MR) is 97.1 cm³/mol. The van der Waals surface area contributed by atoms with E-state index in [1.165, 1.54) is 30.3 Å². The van der Waals surface area contributed by atoms with E-state index >= 15 is 0 Å². The maximum absolute atomic E-state index is 13.1. The Kier molecular flexibility index (Phi) is 4.69. The molecular weight excluding hydrogens is 361 g/mol. The molecule has 3 rings (SSSR count). The summed E-state index contributed by atoms with van der Waals surface area (Å²) < 4.78 is 40.8. The minimum Gasteiger partial charge on any atom is -0.297 e. The van der Waals surface area contributed by atoms with E-state index in [4.69, 9.17) is 0 Å². The number of sulfonamides is 1. The van der Waals surface area contributed by atoms with Gasteiger partial charge in [0.15, 0.2) is 6.29 Å². The van der Waals surface area contributed by atoms with E-state index in [0.717, 1.165) is 16.9 Å². The number of carbonyl (C=O) groups excluding carboxylic acids is 1. The highest BCUT2D eigenvalue weighted by molar-refractivity contribution is 7.92. The van der Waals surface area contributed by atoms with Gasteiger partial charge in [0.05, 0.1) is 20.3 Å². The normalized spacial score (nSPS) is 11.3. The van der Waals surface area contributed by atoms with Crippen LogP contribution >= 0.6 is 11.3 Å². The van der Waals surface area contributed by atoms with Gasteiger partial charge in [-0.25, -0.2) is 12.8 Å². The van der Waals surface area contributed by atoms with Crippen LogP contribution < -0.4 is 4.72 Å². The van der Waals surface area contributed by atoms with Crippen molar-refractivity contribution in [2.75, 3.05) is 4.72 Å². The molecule has 0 aliphatic heterocycles. The number of carbonyl (C=O) groups is 1. The smallest absolute Gasteiger partial charge is 0.261 e. The average Bonchev–Trinajstić information content (AvgIpc) is 2.98. The summed E-state index contributed by atoms with van der Waals surface area (Å²) in [6.07, 6.45) is 0.654. The number of halogens is 1. The van der Waals surface area contributed by atoms with E-state index in [1.807, 2.05) is 6.92 Å². The van der Waals surface area contributed by atoms with E-state index in [-0.39, 0.29) is 4.90 Å². The summed E-state index contributed by atoms with van der Waals surface area (Å²) in [6.45, 7) is 1.87. The molecule has 4 nitrogen and oxygen atoms in total. The second-order valence-corrected chi connectivity index (χ2v) is 8.20. The predicted octanol–water partition coefficient (Wildman–Crippen LogP) is 4.48. The Hall–Kier alpha value is -2.51. The molecule has 7 heteroatoms. The summed E-state index contributed by atoms with van der Waals surface area (Å²) in [4.78, 5) is 12.2. The zero-order chi connectivity index (χ0) is 18.0. The molecule has 1 N–H and O–H groups in total. The molecule has 0 saturated heterocycles. The Balaban J connectivity index is 2.02. The topological polar surface area (TPSA) is 63.2 Å². The van der Waals surface area contributed by atoms with Crippen molar-refractivity contribution in [2.24, 2.45) is 0 Å². The first-order valence-corrected chi connectivity index (χ1v) is 9.63. The molecule has 0 amide bonds. The van der Waals surface area contributed by atoms with Crippen molar-refractivity contribution in [3.8, 4) is 10.4 Å². The summed E-state index contributed by atoms with van der Waals surface area (Å²) in [5, 5.41) is 0. The minimum atomic E-state index is -3.80. The molecule has 0 bridgehead atoms. The quantitative estimate of drug-likeness (QED) is 0.669. The third-order valence-corrected chi connectivity index (χ3v) is 6.04. The lowest BCUT2D eigenvalue weighted by molar-refractivity contribution is 0.112. The highest BCUT2D eigenvalue weighted by Gasteiger charge is 2.19. The fraction of sp³-hybridized carbons (Fsp3) is 0.0556. The minimum absolute atomic E-state index is 0.127. The lowest BCUT2D eigenvalue weighted by atomic mass is 10.1. The van der Waals surface area contributed by atoms with Crippen molar-refractivity contribution in [3.05, 3.63) is 70.9 Å². The van der Waals surface area contributed by atoms with Crippen LogP contribution in [-0.4, -0.2) is 14.7 Å². The number of benzene rings is 2. The van der Waals surface area contributed by atoms with Gasteiger partial charge in [-0.05, 0) is 42.8 Å². The van der Waals surface area contributed by atoms with Crippen molar-refractivity contribution in [1.82, 2.24) is 0 Å². The van der Waals surface area contributed by atoms with Gasteiger partial charge in [-0.3, -0.25) is 9.52 Å². The molecule has 3 aromatic rings. The van der Waals surface area contributed by atoms with Crippen LogP contribution in [0, 0.1) is 12.7 Å². The largest absolute Gasteiger partial charge is 0.297 e. The second kappa shape index (κ2) is 6.78. The highest BCUT2D eigenvalue weighted by Crippen LogP contribution is 2.37. The van der Waals surface area contributed by atoms with Gasteiger partial charge in [0.25, 0.3) is 10.0 Å². The molecule has 0 fully saturated rings. The van der Waals surface area contributed by atoms with Gasteiger partial charge >= 0.3 is 0 Å². The Bertz CT molecular complexity index is 1010. The van der Waals surface area contributed by atoms with Crippen LogP contribution in [0.4, 0.5) is 10.1 Å². The fourth-order valence-electron chi connectivity index (χ4n) is 2.28. The highest BCUT2D eigenvalue weighted by atomic mass is 32.2. The van der Waals surface area contributed by atoms with Crippen molar-refractivity contribution in [2.45, 2.75) is 11.8 Å². The van der Waals surface area contributed by atoms with Gasteiger partial charge < -0.3 is 0 Å². The zero-order valence-corrected chi connectivity index (χ0v) is 14.8. The molecule has 0 radical (unpaired) electrons. The van der Waals surface area contributed by atoms with E-state index in [0.29, 0.717) is 27.3 Å². The standard InChI is InChI=1S/C18H14FNO3S2/c1-12-2-8-16(9-3-12)25(22,23)20-17-10-15(11-21)24-18(17)13-4-6-14(19)7-5-13/h2-11,20H,1H3. The SMILES string of the molecule is Cc1ccc(S(=O)(=O)Nc2cc(C=O)sc2-c2ccc(F)cc2)cc1. The van der Waals surface area contributed by atoms with Crippen LogP contribution in [-0.2, 0) is 10.0 Å². The van der Waals surface area contributed by atoms with E-state index in [1.54, 1.807) is 24.3 Å². The van der Waals surface area contributed by atoms with Crippen LogP contribution in [0.2, 0.25) is 0 Å². The molecule has 0 spiro atoms. The van der Waals surface area contributed by atoms with Crippen molar-refractivity contribution < 1.29 is 17.6 Å². The number of anilines is 1. The van der Waals surface area contributed by atoms with Crippen LogP contribution in [0.3, 0.4) is 0 Å². The molecule has 0 aliphatic rings. The van der Waals surface area contributed by atoms with Crippen molar-refractivity contribution in [1.29, 1.82) is 0 Å². The van der Waals surface area contributed by atoms with E-state index < -0.39 is 15.8 Å². The first kappa shape index (κ1) is 17.3. The third kappa shape index (κ3) is 3.78. The average molecular weight is 375 g/mol. The number of nitrogens with one attached hydrogen (secondary N) is 1. The van der Waals surface area contributed by atoms with Crippen molar-refractivity contribution >= 4 is 33.3 Å². The van der Waals surface area contributed by atoms with Crippen LogP contribution in [0.15, 0.2) is 59.5 Å². The molecule has 0 saturated carbocycles. The Morgan fingerprint density at radius 3 is 2.28 bits per heavy atom. The van der Waals surface area contributed by atoms with Gasteiger partial charge in [-0.2, -0.15) is 0 Å². The number of hydrogen-bond acceptors (Lipinski definition) is 4. The Morgan fingerprint density at radius 1 is 1.04 bits per heavy atom. The van der Waals surface area contributed by atoms with Crippen LogP contribution in [0.25, 0.3) is 10.4 Å². The molecule has 1 heterocycles. The molecule has 0 unspecified atom stereocenters. The van der Waals surface area contributed by atoms with Gasteiger partial charge in [-0.15, -0.1) is 11.3 Å². The lowest BCUT2D eigenvalue weighted by Crippen LogP contribution is -2.12. The van der Waals surface area contributed by atoms with Crippen molar-refractivity contribution in [3.63, 3.8) is 0 Å². The molecule has 25 heavy (non-hydrogen) atoms. The number of rotatable bonds is 5. The number of thiophene rings is 1. The summed E-state index contributed by atoms with van der Waals surface area (Å²) in [7, 11) is -3.80. The molecule has 1 aromatic heterocycles. The van der Waals surface area contributed by atoms with Crippen LogP contribution in [0.1, 0.15) is 15.2 Å². The summed E-state index contributed by atoms with van der Waals surface area (Å²) in [5.41, 5.74) is 1.87. The van der Waals surface area contributed by atoms with Gasteiger partial charge in [0, 0.05) is 0 Å². The molecule has 2 aromatic carbocycles. The fourth-order valence-corrected chi connectivity index (χ4v) is 4.34. The maximum atomic E-state index is 13.1. The first-order valence-electron chi connectivity index (χ1n) is 7.33. The molecule has 0 atom stereocenters. The second-order valence-electron chi connectivity index (χ2n) is 5.43. The Labute approximate surface area is 149 Å². The number of hydrogen-bond donors (Lipinski definition) is 1. The molecule has 0 aliphatic carbocycles. The van der Waals surface area contributed by atoms with Gasteiger partial charge in [0.1, 0.15) is 5.82 Å². The third-order valence-electron chi connectivity index (χ3n) is 3.55. The van der Waals surface area contributed by atoms with Crippen LogP contribution in [0.5, 0.6) is 0 Å². The molecule has 128 valence electrons. The Morgan fingerprint density at radius 2 is 1.68 bits per heavy atom. The van der Waals surface area contributed by atoms with Gasteiger partial charge in [-0.1, -0.05) is 29.8 Å². The summed E-state index contributed by atoms with van der Waals surface area (Å²) in [6, 6.07) is 13.6. The molecular formula is C18H14FNO3S2. The van der Waals surface area contributed by atoms with E-state index in [2.05, 4.69) is 4.72 Å². The maximum Gasteiger partial charge on any atom is 0.261 e. The van der Waals surface area contributed by atoms with Gasteiger partial charge in [0.2, 0.25) is 0 Å². The lowest BCUT2D eigenvalue weighted by Gasteiger charge is -2.09. The zero-order valence-electron chi connectivity index (χ0n) is 13.2. The summed E-state index contributed by atoms with van der Waals surface area (Å²) >= 11 is 1.14. The van der Waals surface area contributed by atoms with E-state index in [9.17, 15) is 17.6 Å². The number of aryl methyl sites for hydroxylation is 1. The summed E-state index contributed by atoms with van der Waals surface area (Å²) in [5.74, 6) is -0.391. The first-order chi connectivity index (χ1) is 11.9. The monoisotopic (exact) mass is 375 g/mol.